The Morgan fingerprint density at radius 2 is 1.93 bits per heavy atom. The molecule has 218 valence electrons. The fourth-order valence-corrected chi connectivity index (χ4v) is 4.61. The number of hydrogen-bond acceptors (Lipinski definition) is 6. The van der Waals surface area contributed by atoms with Gasteiger partial charge in [0.1, 0.15) is 24.1 Å². The number of fused-ring (bicyclic) bond motifs is 1. The second-order valence-electron chi connectivity index (χ2n) is 9.72. The van der Waals surface area contributed by atoms with E-state index >= 15 is 0 Å². The summed E-state index contributed by atoms with van der Waals surface area (Å²) in [6.07, 6.45) is 2.06. The summed E-state index contributed by atoms with van der Waals surface area (Å²) in [5.41, 5.74) is 0.381. The molecule has 1 atom stereocenters. The van der Waals surface area contributed by atoms with Crippen LogP contribution in [0.4, 0.5) is 24.2 Å². The Balaban J connectivity index is 1.39. The highest BCUT2D eigenvalue weighted by Gasteiger charge is 2.26. The van der Waals surface area contributed by atoms with Gasteiger partial charge in [-0.05, 0) is 67.2 Å². The second-order valence-corrected chi connectivity index (χ2v) is 10.1. The van der Waals surface area contributed by atoms with E-state index in [1.807, 2.05) is 0 Å². The van der Waals surface area contributed by atoms with Crippen molar-refractivity contribution in [3.05, 3.63) is 70.9 Å². The van der Waals surface area contributed by atoms with Crippen LogP contribution in [0.15, 0.2) is 48.7 Å². The zero-order valence-corrected chi connectivity index (χ0v) is 23.1. The number of carbonyl (C=O) groups is 3. The standard InChI is InChI=1S/C28H31ClF2N6O4/c1-37(27(39)34-15-18-3-2-4-23(31)26(18)29)22(13-25(38)35-21-7-9-32-10-8-21)16-41-28(40)36-24-12-19-11-20(30)6-5-17(19)14-33-24/h2-6,11-12,14,21-22,32H,7-10,13,15-16H2,1H3,(H,34,39)(H,35,38)(H,33,36,40)/t22-/m0/s1. The minimum absolute atomic E-state index is 0.00619. The summed E-state index contributed by atoms with van der Waals surface area (Å²) in [7, 11) is 1.46. The Morgan fingerprint density at radius 1 is 1.15 bits per heavy atom. The third-order valence-electron chi connectivity index (χ3n) is 6.78. The van der Waals surface area contributed by atoms with Gasteiger partial charge in [0.05, 0.1) is 17.5 Å². The van der Waals surface area contributed by atoms with Crippen LogP contribution in [-0.2, 0) is 16.1 Å². The van der Waals surface area contributed by atoms with Crippen LogP contribution in [0.5, 0.6) is 0 Å². The highest BCUT2D eigenvalue weighted by Crippen LogP contribution is 2.20. The summed E-state index contributed by atoms with van der Waals surface area (Å²) < 4.78 is 32.7. The molecule has 0 saturated carbocycles. The molecule has 1 aliphatic heterocycles. The lowest BCUT2D eigenvalue weighted by atomic mass is 10.1. The fraction of sp³-hybridized carbons (Fsp3) is 0.357. The minimum atomic E-state index is -0.864. The van der Waals surface area contributed by atoms with Gasteiger partial charge in [-0.2, -0.15) is 0 Å². The average Bonchev–Trinajstić information content (AvgIpc) is 2.95. The molecule has 3 aromatic rings. The van der Waals surface area contributed by atoms with Gasteiger partial charge in [0.15, 0.2) is 0 Å². The van der Waals surface area contributed by atoms with E-state index in [2.05, 4.69) is 26.3 Å². The van der Waals surface area contributed by atoms with Crippen molar-refractivity contribution in [2.24, 2.45) is 0 Å². The Bertz CT molecular complexity index is 1410. The first-order valence-electron chi connectivity index (χ1n) is 13.1. The number of carbonyl (C=O) groups excluding carboxylic acids is 3. The van der Waals surface area contributed by atoms with Crippen LogP contribution in [0.1, 0.15) is 24.8 Å². The summed E-state index contributed by atoms with van der Waals surface area (Å²) in [4.78, 5) is 43.8. The Labute approximate surface area is 240 Å². The molecule has 41 heavy (non-hydrogen) atoms. The van der Waals surface area contributed by atoms with Gasteiger partial charge in [0.25, 0.3) is 0 Å². The zero-order valence-electron chi connectivity index (χ0n) is 22.4. The van der Waals surface area contributed by atoms with E-state index in [1.54, 1.807) is 12.1 Å². The predicted molar refractivity (Wildman–Crippen MR) is 151 cm³/mol. The first-order chi connectivity index (χ1) is 19.7. The van der Waals surface area contributed by atoms with Gasteiger partial charge in [-0.3, -0.25) is 10.1 Å². The number of hydrogen-bond donors (Lipinski definition) is 4. The number of nitrogens with zero attached hydrogens (tertiary/aromatic N) is 2. The molecule has 2 aromatic carbocycles. The number of urea groups is 1. The van der Waals surface area contributed by atoms with E-state index in [1.165, 1.54) is 48.5 Å². The van der Waals surface area contributed by atoms with E-state index in [9.17, 15) is 23.2 Å². The molecule has 4 rings (SSSR count). The molecule has 10 nitrogen and oxygen atoms in total. The SMILES string of the molecule is CN(C(=O)NCc1cccc(F)c1Cl)[C@H](COC(=O)Nc1cc2cc(F)ccc2cn1)CC(=O)NC1CCNCC1. The lowest BCUT2D eigenvalue weighted by Crippen LogP contribution is -2.49. The van der Waals surface area contributed by atoms with Crippen LogP contribution in [0, 0.1) is 11.6 Å². The Kier molecular flexibility index (Phi) is 10.3. The number of nitrogens with one attached hydrogen (secondary N) is 4. The van der Waals surface area contributed by atoms with Gasteiger partial charge in [0, 0.05) is 31.2 Å². The Hall–Kier alpha value is -4.03. The first-order valence-corrected chi connectivity index (χ1v) is 13.5. The third-order valence-corrected chi connectivity index (χ3v) is 7.20. The highest BCUT2D eigenvalue weighted by atomic mass is 35.5. The average molecular weight is 589 g/mol. The summed E-state index contributed by atoms with van der Waals surface area (Å²) in [6, 6.07) is 8.57. The number of piperidine rings is 1. The predicted octanol–water partition coefficient (Wildman–Crippen LogP) is 4.18. The maximum Gasteiger partial charge on any atom is 0.412 e. The number of pyridine rings is 1. The van der Waals surface area contributed by atoms with Gasteiger partial charge in [0.2, 0.25) is 5.91 Å². The number of halogens is 3. The summed E-state index contributed by atoms with van der Waals surface area (Å²) in [6.45, 7) is 1.22. The van der Waals surface area contributed by atoms with Gasteiger partial charge >= 0.3 is 12.1 Å². The number of rotatable bonds is 9. The molecule has 2 heterocycles. The lowest BCUT2D eigenvalue weighted by molar-refractivity contribution is -0.123. The topological polar surface area (TPSA) is 125 Å². The van der Waals surface area contributed by atoms with Crippen LogP contribution in [0.25, 0.3) is 10.8 Å². The molecule has 4 N–H and O–H groups in total. The van der Waals surface area contributed by atoms with Crippen molar-refractivity contribution < 1.29 is 27.9 Å². The molecule has 1 aromatic heterocycles. The third kappa shape index (κ3) is 8.48. The molecule has 13 heteroatoms. The van der Waals surface area contributed by atoms with Crippen molar-refractivity contribution in [1.29, 1.82) is 0 Å². The van der Waals surface area contributed by atoms with Gasteiger partial charge in [-0.1, -0.05) is 23.7 Å². The smallest absolute Gasteiger partial charge is 0.412 e. The molecule has 0 unspecified atom stereocenters. The molecule has 0 radical (unpaired) electrons. The van der Waals surface area contributed by atoms with E-state index in [0.717, 1.165) is 25.9 Å². The molecule has 0 spiro atoms. The highest BCUT2D eigenvalue weighted by molar-refractivity contribution is 6.31. The Morgan fingerprint density at radius 3 is 2.71 bits per heavy atom. The molecule has 1 aliphatic rings. The number of benzene rings is 2. The molecule has 0 aliphatic carbocycles. The van der Waals surface area contributed by atoms with Gasteiger partial charge in [-0.15, -0.1) is 0 Å². The van der Waals surface area contributed by atoms with Gasteiger partial charge < -0.3 is 25.6 Å². The summed E-state index contributed by atoms with van der Waals surface area (Å²) >= 11 is 5.99. The van der Waals surface area contributed by atoms with Crippen LogP contribution in [-0.4, -0.2) is 66.7 Å². The molecule has 1 saturated heterocycles. The van der Waals surface area contributed by atoms with Crippen molar-refractivity contribution in [3.63, 3.8) is 0 Å². The van der Waals surface area contributed by atoms with E-state index in [0.29, 0.717) is 16.3 Å². The van der Waals surface area contributed by atoms with Crippen LogP contribution in [0.3, 0.4) is 0 Å². The van der Waals surface area contributed by atoms with Gasteiger partial charge in [-0.25, -0.2) is 23.4 Å². The fourth-order valence-electron chi connectivity index (χ4n) is 4.41. The molecular formula is C28H31ClF2N6O4. The largest absolute Gasteiger partial charge is 0.447 e. The maximum absolute atomic E-state index is 13.8. The quantitative estimate of drug-likeness (QED) is 0.297. The summed E-state index contributed by atoms with van der Waals surface area (Å²) in [5, 5.41) is 12.5. The first kappa shape index (κ1) is 29.9. The molecule has 0 bridgehead atoms. The minimum Gasteiger partial charge on any atom is -0.447 e. The second kappa shape index (κ2) is 14.0. The number of ether oxygens (including phenoxy) is 1. The van der Waals surface area contributed by atoms with Crippen molar-refractivity contribution in [1.82, 2.24) is 25.8 Å². The van der Waals surface area contributed by atoms with E-state index in [4.69, 9.17) is 16.3 Å². The molecule has 1 fully saturated rings. The van der Waals surface area contributed by atoms with Crippen molar-refractivity contribution in [2.45, 2.75) is 37.9 Å². The molecular weight excluding hydrogens is 558 g/mol. The number of amides is 4. The van der Waals surface area contributed by atoms with Crippen LogP contribution < -0.4 is 21.3 Å². The van der Waals surface area contributed by atoms with E-state index < -0.39 is 29.8 Å². The van der Waals surface area contributed by atoms with E-state index in [-0.39, 0.29) is 42.4 Å². The summed E-state index contributed by atoms with van der Waals surface area (Å²) in [5.74, 6) is -1.18. The maximum atomic E-state index is 13.8. The number of likely N-dealkylation sites (N-methyl/N-ethyl adjacent to an activating group) is 1. The van der Waals surface area contributed by atoms with Crippen LogP contribution >= 0.6 is 11.6 Å². The number of anilines is 1. The monoisotopic (exact) mass is 588 g/mol. The molecule has 4 amide bonds. The normalized spacial score (nSPS) is 14.2. The van der Waals surface area contributed by atoms with Crippen molar-refractivity contribution >= 4 is 46.2 Å². The van der Waals surface area contributed by atoms with Crippen molar-refractivity contribution in [3.8, 4) is 0 Å². The van der Waals surface area contributed by atoms with Crippen LogP contribution in [0.2, 0.25) is 5.02 Å². The van der Waals surface area contributed by atoms with Crippen molar-refractivity contribution in [2.75, 3.05) is 32.1 Å². The lowest BCUT2D eigenvalue weighted by Gasteiger charge is -2.29. The zero-order chi connectivity index (χ0) is 29.4. The number of aromatic nitrogens is 1.